The fourth-order valence-corrected chi connectivity index (χ4v) is 3.93. The van der Waals surface area contributed by atoms with Gasteiger partial charge in [0, 0.05) is 12.0 Å². The average molecular weight is 368 g/mol. The zero-order valence-electron chi connectivity index (χ0n) is 16.0. The van der Waals surface area contributed by atoms with Gasteiger partial charge in [0.1, 0.15) is 6.04 Å². The van der Waals surface area contributed by atoms with Crippen LogP contribution in [0, 0.1) is 5.92 Å². The number of carbonyl (C=O) groups excluding carboxylic acids is 2. The Morgan fingerprint density at radius 3 is 2.37 bits per heavy atom. The quantitative estimate of drug-likeness (QED) is 0.783. The SMILES string of the molecule is CC(C)C(NC(=O)c1ccco1)C(=O)NCC1(c2ccccc2)CCCC1. The van der Waals surface area contributed by atoms with Crippen molar-refractivity contribution in [2.45, 2.75) is 51.0 Å². The zero-order chi connectivity index (χ0) is 19.3. The Kier molecular flexibility index (Phi) is 5.99. The lowest BCUT2D eigenvalue weighted by Gasteiger charge is -2.31. The molecule has 1 fully saturated rings. The molecular weight excluding hydrogens is 340 g/mol. The van der Waals surface area contributed by atoms with Gasteiger partial charge in [-0.2, -0.15) is 0 Å². The molecule has 1 saturated carbocycles. The molecule has 2 amide bonds. The second kappa shape index (κ2) is 8.42. The van der Waals surface area contributed by atoms with Crippen molar-refractivity contribution < 1.29 is 14.0 Å². The molecule has 1 aromatic heterocycles. The minimum Gasteiger partial charge on any atom is -0.459 e. The normalized spacial score (nSPS) is 16.9. The summed E-state index contributed by atoms with van der Waals surface area (Å²) in [6.07, 6.45) is 5.94. The van der Waals surface area contributed by atoms with Crippen LogP contribution in [0.25, 0.3) is 0 Å². The van der Waals surface area contributed by atoms with Crippen molar-refractivity contribution in [3.8, 4) is 0 Å². The number of amides is 2. The van der Waals surface area contributed by atoms with E-state index >= 15 is 0 Å². The number of carbonyl (C=O) groups is 2. The van der Waals surface area contributed by atoms with Gasteiger partial charge in [0.2, 0.25) is 5.91 Å². The van der Waals surface area contributed by atoms with E-state index in [1.54, 1.807) is 12.1 Å². The molecule has 1 aliphatic carbocycles. The van der Waals surface area contributed by atoms with Crippen LogP contribution in [0.5, 0.6) is 0 Å². The van der Waals surface area contributed by atoms with E-state index in [1.807, 2.05) is 19.9 Å². The molecule has 1 aliphatic rings. The van der Waals surface area contributed by atoms with Crippen LogP contribution in [0.3, 0.4) is 0 Å². The number of hydrogen-bond donors (Lipinski definition) is 2. The van der Waals surface area contributed by atoms with E-state index in [2.05, 4.69) is 34.9 Å². The molecule has 144 valence electrons. The van der Waals surface area contributed by atoms with E-state index in [9.17, 15) is 9.59 Å². The van der Waals surface area contributed by atoms with Crippen molar-refractivity contribution in [1.29, 1.82) is 0 Å². The van der Waals surface area contributed by atoms with Crippen LogP contribution in [-0.4, -0.2) is 24.4 Å². The van der Waals surface area contributed by atoms with Crippen LogP contribution in [-0.2, 0) is 10.2 Å². The van der Waals surface area contributed by atoms with E-state index in [0.717, 1.165) is 12.8 Å². The fraction of sp³-hybridized carbons (Fsp3) is 0.455. The summed E-state index contributed by atoms with van der Waals surface area (Å²) in [6.45, 7) is 4.44. The van der Waals surface area contributed by atoms with Crippen LogP contribution >= 0.6 is 0 Å². The molecule has 0 spiro atoms. The van der Waals surface area contributed by atoms with Gasteiger partial charge in [-0.15, -0.1) is 0 Å². The van der Waals surface area contributed by atoms with Crippen molar-refractivity contribution >= 4 is 11.8 Å². The predicted molar refractivity (Wildman–Crippen MR) is 104 cm³/mol. The highest BCUT2D eigenvalue weighted by Gasteiger charge is 2.36. The summed E-state index contributed by atoms with van der Waals surface area (Å²) in [6, 6.07) is 13.1. The van der Waals surface area contributed by atoms with Gasteiger partial charge in [-0.1, -0.05) is 57.0 Å². The van der Waals surface area contributed by atoms with E-state index in [1.165, 1.54) is 24.7 Å². The van der Waals surface area contributed by atoms with Crippen molar-refractivity contribution in [3.05, 3.63) is 60.1 Å². The van der Waals surface area contributed by atoms with Crippen molar-refractivity contribution in [2.75, 3.05) is 6.54 Å². The van der Waals surface area contributed by atoms with Crippen LogP contribution in [0.2, 0.25) is 0 Å². The van der Waals surface area contributed by atoms with Gasteiger partial charge in [0.05, 0.1) is 6.26 Å². The number of hydrogen-bond acceptors (Lipinski definition) is 3. The molecule has 1 atom stereocenters. The summed E-state index contributed by atoms with van der Waals surface area (Å²) >= 11 is 0. The van der Waals surface area contributed by atoms with Gasteiger partial charge in [-0.25, -0.2) is 0 Å². The van der Waals surface area contributed by atoms with Crippen LogP contribution < -0.4 is 10.6 Å². The second-order valence-corrected chi connectivity index (χ2v) is 7.74. The van der Waals surface area contributed by atoms with Crippen molar-refractivity contribution in [1.82, 2.24) is 10.6 Å². The van der Waals surface area contributed by atoms with Crippen LogP contribution in [0.15, 0.2) is 53.1 Å². The molecule has 1 heterocycles. The summed E-state index contributed by atoms with van der Waals surface area (Å²) in [4.78, 5) is 25.1. The topological polar surface area (TPSA) is 71.3 Å². The Morgan fingerprint density at radius 1 is 1.07 bits per heavy atom. The molecule has 0 bridgehead atoms. The highest BCUT2D eigenvalue weighted by molar-refractivity contribution is 5.95. The first-order chi connectivity index (χ1) is 13.0. The van der Waals surface area contributed by atoms with E-state index in [-0.39, 0.29) is 28.9 Å². The summed E-state index contributed by atoms with van der Waals surface area (Å²) < 4.78 is 5.13. The molecule has 27 heavy (non-hydrogen) atoms. The van der Waals surface area contributed by atoms with Gasteiger partial charge in [-0.05, 0) is 36.5 Å². The minimum absolute atomic E-state index is 0.0104. The minimum atomic E-state index is -0.600. The first-order valence-electron chi connectivity index (χ1n) is 9.69. The fourth-order valence-electron chi connectivity index (χ4n) is 3.93. The van der Waals surface area contributed by atoms with Gasteiger partial charge < -0.3 is 15.1 Å². The molecule has 0 aliphatic heterocycles. The van der Waals surface area contributed by atoms with Gasteiger partial charge in [-0.3, -0.25) is 9.59 Å². The molecule has 2 aromatic rings. The lowest BCUT2D eigenvalue weighted by Crippen LogP contribution is -2.52. The van der Waals surface area contributed by atoms with E-state index in [4.69, 9.17) is 4.42 Å². The van der Waals surface area contributed by atoms with Crippen LogP contribution in [0.1, 0.15) is 55.6 Å². The number of furan rings is 1. The Morgan fingerprint density at radius 2 is 1.78 bits per heavy atom. The summed E-state index contributed by atoms with van der Waals surface area (Å²) in [5.74, 6) is -0.329. The summed E-state index contributed by atoms with van der Waals surface area (Å²) in [5.41, 5.74) is 1.27. The Hall–Kier alpha value is -2.56. The van der Waals surface area contributed by atoms with Gasteiger partial charge in [0.25, 0.3) is 5.91 Å². The van der Waals surface area contributed by atoms with E-state index in [0.29, 0.717) is 6.54 Å². The molecule has 0 radical (unpaired) electrons. The van der Waals surface area contributed by atoms with Gasteiger partial charge >= 0.3 is 0 Å². The third-order valence-corrected chi connectivity index (χ3v) is 5.53. The molecule has 2 N–H and O–H groups in total. The molecule has 5 heteroatoms. The molecule has 5 nitrogen and oxygen atoms in total. The average Bonchev–Trinajstić information content (AvgIpc) is 3.37. The molecule has 3 rings (SSSR count). The molecule has 1 unspecified atom stereocenters. The van der Waals surface area contributed by atoms with Crippen LogP contribution in [0.4, 0.5) is 0 Å². The van der Waals surface area contributed by atoms with Crippen molar-refractivity contribution in [2.24, 2.45) is 5.92 Å². The third kappa shape index (κ3) is 4.41. The zero-order valence-corrected chi connectivity index (χ0v) is 16.0. The van der Waals surface area contributed by atoms with Gasteiger partial charge in [0.15, 0.2) is 5.76 Å². The number of nitrogens with one attached hydrogen (secondary N) is 2. The lowest BCUT2D eigenvalue weighted by molar-refractivity contribution is -0.124. The lowest BCUT2D eigenvalue weighted by atomic mass is 9.78. The standard InChI is InChI=1S/C22H28N2O3/c1-16(2)19(24-20(25)18-11-8-14-27-18)21(26)23-15-22(12-6-7-13-22)17-9-4-3-5-10-17/h3-5,8-11,14,16,19H,6-7,12-13,15H2,1-2H3,(H,23,26)(H,24,25). The maximum Gasteiger partial charge on any atom is 0.287 e. The Labute approximate surface area is 160 Å². The second-order valence-electron chi connectivity index (χ2n) is 7.74. The van der Waals surface area contributed by atoms with Crippen molar-refractivity contribution in [3.63, 3.8) is 0 Å². The molecular formula is C22H28N2O3. The predicted octanol–water partition coefficient (Wildman–Crippen LogP) is 3.66. The molecule has 0 saturated heterocycles. The monoisotopic (exact) mass is 368 g/mol. The maximum absolute atomic E-state index is 12.9. The Balaban J connectivity index is 1.67. The number of benzene rings is 1. The highest BCUT2D eigenvalue weighted by Crippen LogP contribution is 2.40. The third-order valence-electron chi connectivity index (χ3n) is 5.53. The summed E-state index contributed by atoms with van der Waals surface area (Å²) in [7, 11) is 0. The summed E-state index contributed by atoms with van der Waals surface area (Å²) in [5, 5.41) is 5.91. The Bertz CT molecular complexity index is 747. The smallest absolute Gasteiger partial charge is 0.287 e. The molecule has 1 aromatic carbocycles. The maximum atomic E-state index is 12.9. The first kappa shape index (κ1) is 19.2. The highest BCUT2D eigenvalue weighted by atomic mass is 16.3. The number of rotatable bonds is 7. The largest absolute Gasteiger partial charge is 0.459 e. The van der Waals surface area contributed by atoms with E-state index < -0.39 is 6.04 Å². The first-order valence-corrected chi connectivity index (χ1v) is 9.69.